The normalized spacial score (nSPS) is 20.3. The molecule has 12 heavy (non-hydrogen) atoms. The number of rotatable bonds is 0. The average molecular weight is 156 g/mol. The molecule has 0 saturated carbocycles. The molecule has 0 aliphatic heterocycles. The second-order valence-corrected chi connectivity index (χ2v) is 3.02. The molecule has 0 saturated heterocycles. The molecule has 0 fully saturated rings. The molecule has 0 N–H and O–H groups in total. The van der Waals surface area contributed by atoms with Crippen molar-refractivity contribution in [3.8, 4) is 0 Å². The molecule has 2 rings (SSSR count). The van der Waals surface area contributed by atoms with Gasteiger partial charge in [0.15, 0.2) is 0 Å². The highest BCUT2D eigenvalue weighted by atomic mass is 14.0. The lowest BCUT2D eigenvalue weighted by Crippen LogP contribution is -1.88. The van der Waals surface area contributed by atoms with Crippen molar-refractivity contribution in [2.75, 3.05) is 0 Å². The zero-order chi connectivity index (χ0) is 8.23. The highest BCUT2D eigenvalue weighted by Gasteiger charge is 1.97. The fourth-order valence-corrected chi connectivity index (χ4v) is 1.50. The summed E-state index contributed by atoms with van der Waals surface area (Å²) in [6.45, 7) is 0. The van der Waals surface area contributed by atoms with Gasteiger partial charge in [0.05, 0.1) is 0 Å². The van der Waals surface area contributed by atoms with Crippen LogP contribution in [0.15, 0.2) is 42.5 Å². The summed E-state index contributed by atoms with van der Waals surface area (Å²) in [5.41, 5.74) is 2.82. The third-order valence-corrected chi connectivity index (χ3v) is 2.16. The predicted molar refractivity (Wildman–Crippen MR) is 52.9 cm³/mol. The van der Waals surface area contributed by atoms with E-state index in [-0.39, 0.29) is 0 Å². The minimum Gasteiger partial charge on any atom is -0.0842 e. The van der Waals surface area contributed by atoms with Crippen molar-refractivity contribution in [2.45, 2.75) is 12.8 Å². The molecule has 0 spiro atoms. The Morgan fingerprint density at radius 1 is 1.00 bits per heavy atom. The number of hydrogen-bond donors (Lipinski definition) is 0. The Hall–Kier alpha value is -1.30. The van der Waals surface area contributed by atoms with Crippen molar-refractivity contribution in [2.24, 2.45) is 0 Å². The van der Waals surface area contributed by atoms with Gasteiger partial charge in [0.1, 0.15) is 0 Å². The van der Waals surface area contributed by atoms with E-state index in [4.69, 9.17) is 0 Å². The van der Waals surface area contributed by atoms with E-state index in [1.807, 2.05) is 0 Å². The maximum absolute atomic E-state index is 2.21. The topological polar surface area (TPSA) is 0 Å². The van der Waals surface area contributed by atoms with E-state index in [1.165, 1.54) is 11.1 Å². The summed E-state index contributed by atoms with van der Waals surface area (Å²) in [6.07, 6.45) is 10.9. The first-order valence-electron chi connectivity index (χ1n) is 4.38. The van der Waals surface area contributed by atoms with Crippen LogP contribution < -0.4 is 0 Å². The molecule has 0 atom stereocenters. The van der Waals surface area contributed by atoms with Crippen molar-refractivity contribution >= 4 is 6.08 Å². The van der Waals surface area contributed by atoms with E-state index in [9.17, 15) is 0 Å². The highest BCUT2D eigenvalue weighted by Crippen LogP contribution is 2.14. The predicted octanol–water partition coefficient (Wildman–Crippen LogP) is 3.20. The van der Waals surface area contributed by atoms with Crippen molar-refractivity contribution in [3.63, 3.8) is 0 Å². The minimum absolute atomic E-state index is 1.15. The summed E-state index contributed by atoms with van der Waals surface area (Å²) in [7, 11) is 0. The maximum atomic E-state index is 2.21. The van der Waals surface area contributed by atoms with Crippen molar-refractivity contribution in [3.05, 3.63) is 53.6 Å². The second kappa shape index (κ2) is 3.40. The third-order valence-electron chi connectivity index (χ3n) is 2.16. The van der Waals surface area contributed by atoms with Gasteiger partial charge in [-0.25, -0.2) is 0 Å². The van der Waals surface area contributed by atoms with Gasteiger partial charge in [-0.2, -0.15) is 0 Å². The maximum Gasteiger partial charge on any atom is -0.0224 e. The van der Waals surface area contributed by atoms with Crippen LogP contribution in [-0.2, 0) is 6.42 Å². The van der Waals surface area contributed by atoms with Crippen LogP contribution >= 0.6 is 0 Å². The largest absolute Gasteiger partial charge is 0.0842 e. The Morgan fingerprint density at radius 2 is 1.92 bits per heavy atom. The molecule has 1 aliphatic carbocycles. The quantitative estimate of drug-likeness (QED) is 0.541. The lowest BCUT2D eigenvalue weighted by molar-refractivity contribution is 0.996. The van der Waals surface area contributed by atoms with Gasteiger partial charge in [0, 0.05) is 0 Å². The standard InChI is InChI=1S/C12H12/c1-2-4-8-12-10-6-5-9-11(12)7-3-1/h1-3,5-7,9-10H,4,8H2/b2-1+,7-3-. The third kappa shape index (κ3) is 1.48. The fourth-order valence-electron chi connectivity index (χ4n) is 1.50. The summed E-state index contributed by atoms with van der Waals surface area (Å²) < 4.78 is 0. The number of benzene rings is 1. The SMILES string of the molecule is C1=C\c2ccccc2CC/C=C/1. The summed E-state index contributed by atoms with van der Waals surface area (Å²) >= 11 is 0. The van der Waals surface area contributed by atoms with E-state index >= 15 is 0 Å². The molecule has 0 heteroatoms. The van der Waals surface area contributed by atoms with E-state index in [0.29, 0.717) is 0 Å². The molecule has 0 nitrogen and oxygen atoms in total. The fraction of sp³-hybridized carbons (Fsp3) is 0.167. The second-order valence-electron chi connectivity index (χ2n) is 3.02. The number of allylic oxidation sites excluding steroid dienone is 3. The first-order chi connectivity index (χ1) is 5.97. The molecule has 1 aromatic rings. The Kier molecular flexibility index (Phi) is 2.08. The molecule has 0 bridgehead atoms. The van der Waals surface area contributed by atoms with Crippen LogP contribution in [0.4, 0.5) is 0 Å². The van der Waals surface area contributed by atoms with Crippen LogP contribution in [0, 0.1) is 0 Å². The van der Waals surface area contributed by atoms with Gasteiger partial charge in [-0.15, -0.1) is 0 Å². The minimum atomic E-state index is 1.15. The summed E-state index contributed by atoms with van der Waals surface area (Å²) in [5, 5.41) is 0. The molecule has 1 aliphatic rings. The molecular formula is C12H12. The van der Waals surface area contributed by atoms with Crippen LogP contribution in [0.25, 0.3) is 6.08 Å². The van der Waals surface area contributed by atoms with Gasteiger partial charge in [-0.3, -0.25) is 0 Å². The van der Waals surface area contributed by atoms with E-state index < -0.39 is 0 Å². The van der Waals surface area contributed by atoms with Crippen molar-refractivity contribution < 1.29 is 0 Å². The van der Waals surface area contributed by atoms with Crippen LogP contribution in [0.2, 0.25) is 0 Å². The summed E-state index contributed by atoms with van der Waals surface area (Å²) in [5.74, 6) is 0. The molecule has 0 radical (unpaired) electrons. The zero-order valence-corrected chi connectivity index (χ0v) is 7.03. The number of fused-ring (bicyclic) bond motifs is 1. The molecular weight excluding hydrogens is 144 g/mol. The van der Waals surface area contributed by atoms with Gasteiger partial charge in [-0.1, -0.05) is 48.6 Å². The van der Waals surface area contributed by atoms with Crippen LogP contribution in [0.3, 0.4) is 0 Å². The van der Waals surface area contributed by atoms with Crippen LogP contribution in [0.1, 0.15) is 17.5 Å². The lowest BCUT2D eigenvalue weighted by Gasteiger charge is -2.05. The van der Waals surface area contributed by atoms with Crippen LogP contribution in [0.5, 0.6) is 0 Å². The van der Waals surface area contributed by atoms with E-state index in [0.717, 1.165) is 12.8 Å². The van der Waals surface area contributed by atoms with Crippen LogP contribution in [-0.4, -0.2) is 0 Å². The average Bonchev–Trinajstić information content (AvgIpc) is 2.06. The Labute approximate surface area is 73.2 Å². The zero-order valence-electron chi connectivity index (χ0n) is 7.03. The Bertz CT molecular complexity index is 319. The molecule has 0 amide bonds. The molecule has 1 aromatic carbocycles. The number of aryl methyl sites for hydroxylation is 1. The van der Waals surface area contributed by atoms with E-state index in [2.05, 4.69) is 48.6 Å². The van der Waals surface area contributed by atoms with Gasteiger partial charge in [0.25, 0.3) is 0 Å². The smallest absolute Gasteiger partial charge is 0.0224 e. The molecule has 0 aromatic heterocycles. The highest BCUT2D eigenvalue weighted by molar-refractivity contribution is 5.55. The first kappa shape index (κ1) is 7.35. The molecule has 0 heterocycles. The van der Waals surface area contributed by atoms with Gasteiger partial charge >= 0.3 is 0 Å². The van der Waals surface area contributed by atoms with E-state index in [1.54, 1.807) is 0 Å². The molecule has 0 unspecified atom stereocenters. The Morgan fingerprint density at radius 3 is 2.92 bits per heavy atom. The molecule has 60 valence electrons. The van der Waals surface area contributed by atoms with Crippen molar-refractivity contribution in [1.82, 2.24) is 0 Å². The van der Waals surface area contributed by atoms with Crippen molar-refractivity contribution in [1.29, 1.82) is 0 Å². The summed E-state index contributed by atoms with van der Waals surface area (Å²) in [4.78, 5) is 0. The summed E-state index contributed by atoms with van der Waals surface area (Å²) in [6, 6.07) is 8.58. The van der Waals surface area contributed by atoms with Gasteiger partial charge in [-0.05, 0) is 24.0 Å². The van der Waals surface area contributed by atoms with Gasteiger partial charge in [0.2, 0.25) is 0 Å². The number of hydrogen-bond acceptors (Lipinski definition) is 0. The lowest BCUT2D eigenvalue weighted by atomic mass is 10.0. The Balaban J connectivity index is 2.43. The first-order valence-corrected chi connectivity index (χ1v) is 4.38. The monoisotopic (exact) mass is 156 g/mol. The van der Waals surface area contributed by atoms with Gasteiger partial charge < -0.3 is 0 Å².